The van der Waals surface area contributed by atoms with Crippen LogP contribution < -0.4 is 4.90 Å². The minimum atomic E-state index is -0.842. The van der Waals surface area contributed by atoms with Crippen LogP contribution in [0.5, 0.6) is 0 Å². The van der Waals surface area contributed by atoms with Gasteiger partial charge in [-0.1, -0.05) is 29.8 Å². The smallest absolute Gasteiger partial charge is 0.159 e. The van der Waals surface area contributed by atoms with Crippen LogP contribution in [0.25, 0.3) is 0 Å². The first-order valence-electron chi connectivity index (χ1n) is 9.85. The van der Waals surface area contributed by atoms with E-state index in [9.17, 15) is 13.2 Å². The van der Waals surface area contributed by atoms with Crippen molar-refractivity contribution in [2.45, 2.75) is 19.5 Å². The van der Waals surface area contributed by atoms with Gasteiger partial charge in [-0.15, -0.1) is 0 Å². The van der Waals surface area contributed by atoms with Gasteiger partial charge in [0.15, 0.2) is 11.6 Å². The van der Waals surface area contributed by atoms with E-state index >= 15 is 0 Å². The summed E-state index contributed by atoms with van der Waals surface area (Å²) in [4.78, 5) is 4.52. The Morgan fingerprint density at radius 1 is 0.900 bits per heavy atom. The zero-order valence-corrected chi connectivity index (χ0v) is 17.3. The van der Waals surface area contributed by atoms with E-state index in [1.165, 1.54) is 18.2 Å². The number of aryl methyl sites for hydroxylation is 1. The van der Waals surface area contributed by atoms with Crippen molar-refractivity contribution in [1.29, 1.82) is 0 Å². The first-order valence-corrected chi connectivity index (χ1v) is 10.2. The lowest BCUT2D eigenvalue weighted by molar-refractivity contribution is 0.215. The summed E-state index contributed by atoms with van der Waals surface area (Å²) < 4.78 is 40.4. The highest BCUT2D eigenvalue weighted by Gasteiger charge is 2.29. The number of rotatable bonds is 4. The molecule has 156 valence electrons. The summed E-state index contributed by atoms with van der Waals surface area (Å²) in [5.41, 5.74) is 3.88. The molecule has 0 aromatic heterocycles. The quantitative estimate of drug-likeness (QED) is 0.491. The predicted molar refractivity (Wildman–Crippen MR) is 114 cm³/mol. The molecule has 2 nitrogen and oxygen atoms in total. The molecule has 0 bridgehead atoms. The molecule has 0 aliphatic carbocycles. The van der Waals surface area contributed by atoms with Gasteiger partial charge >= 0.3 is 0 Å². The lowest BCUT2D eigenvalue weighted by Crippen LogP contribution is -2.48. The fourth-order valence-corrected chi connectivity index (χ4v) is 4.31. The van der Waals surface area contributed by atoms with Gasteiger partial charge in [0.05, 0.1) is 6.04 Å². The molecule has 1 heterocycles. The lowest BCUT2D eigenvalue weighted by Gasteiger charge is -2.43. The van der Waals surface area contributed by atoms with Crippen molar-refractivity contribution < 1.29 is 13.2 Å². The van der Waals surface area contributed by atoms with Crippen molar-refractivity contribution in [3.63, 3.8) is 0 Å². The number of hydrogen-bond donors (Lipinski definition) is 0. The highest BCUT2D eigenvalue weighted by atomic mass is 35.5. The molecule has 3 aromatic carbocycles. The van der Waals surface area contributed by atoms with Crippen molar-refractivity contribution >= 4 is 17.3 Å². The van der Waals surface area contributed by atoms with Gasteiger partial charge in [-0.3, -0.25) is 4.90 Å². The summed E-state index contributed by atoms with van der Waals surface area (Å²) in [7, 11) is 0. The highest BCUT2D eigenvalue weighted by Crippen LogP contribution is 2.34. The van der Waals surface area contributed by atoms with Gasteiger partial charge in [-0.25, -0.2) is 13.2 Å². The normalized spacial score (nSPS) is 17.4. The Morgan fingerprint density at radius 2 is 1.67 bits per heavy atom. The third kappa shape index (κ3) is 4.47. The molecule has 0 saturated carbocycles. The maximum Gasteiger partial charge on any atom is 0.159 e. The van der Waals surface area contributed by atoms with E-state index in [1.807, 2.05) is 25.1 Å². The number of nitrogens with zero attached hydrogens (tertiary/aromatic N) is 2. The van der Waals surface area contributed by atoms with E-state index in [2.05, 4.69) is 9.80 Å². The maximum atomic E-state index is 13.6. The Kier molecular flexibility index (Phi) is 6.02. The third-order valence-electron chi connectivity index (χ3n) is 5.58. The molecule has 0 spiro atoms. The summed E-state index contributed by atoms with van der Waals surface area (Å²) in [5, 5.41) is 0.687. The summed E-state index contributed by atoms with van der Waals surface area (Å²) in [6.07, 6.45) is 0. The number of benzene rings is 3. The topological polar surface area (TPSA) is 6.48 Å². The van der Waals surface area contributed by atoms with Gasteiger partial charge < -0.3 is 4.90 Å². The average Bonchev–Trinajstić information content (AvgIpc) is 2.72. The largest absolute Gasteiger partial charge is 0.362 e. The Hall–Kier alpha value is -2.50. The molecule has 0 N–H and O–H groups in total. The minimum Gasteiger partial charge on any atom is -0.362 e. The van der Waals surface area contributed by atoms with E-state index in [4.69, 9.17) is 11.6 Å². The molecule has 30 heavy (non-hydrogen) atoms. The van der Waals surface area contributed by atoms with Crippen molar-refractivity contribution in [2.24, 2.45) is 0 Å². The molecule has 6 heteroatoms. The highest BCUT2D eigenvalue weighted by molar-refractivity contribution is 6.30. The minimum absolute atomic E-state index is 0.00970. The molecule has 1 unspecified atom stereocenters. The van der Waals surface area contributed by atoms with Crippen LogP contribution in [0.15, 0.2) is 60.7 Å². The molecule has 3 aromatic rings. The SMILES string of the molecule is Cc1cc(Cl)ccc1N1CCN(Cc2ccc(F)c(F)c2)CC1c1ccc(F)cc1. The number of halogens is 4. The Labute approximate surface area is 179 Å². The van der Waals surface area contributed by atoms with Crippen molar-refractivity contribution in [1.82, 2.24) is 4.90 Å². The lowest BCUT2D eigenvalue weighted by atomic mass is 9.99. The summed E-state index contributed by atoms with van der Waals surface area (Å²) in [5.74, 6) is -1.95. The van der Waals surface area contributed by atoms with Gasteiger partial charge in [0, 0.05) is 36.9 Å². The zero-order valence-electron chi connectivity index (χ0n) is 16.6. The van der Waals surface area contributed by atoms with Crippen LogP contribution in [0.1, 0.15) is 22.7 Å². The first-order chi connectivity index (χ1) is 14.4. The Bertz CT molecular complexity index is 1040. The van der Waals surface area contributed by atoms with E-state index in [0.717, 1.165) is 41.5 Å². The second-order valence-electron chi connectivity index (χ2n) is 7.68. The van der Waals surface area contributed by atoms with Gasteiger partial charge in [0.1, 0.15) is 5.82 Å². The van der Waals surface area contributed by atoms with Crippen molar-refractivity contribution in [3.8, 4) is 0 Å². The van der Waals surface area contributed by atoms with E-state index < -0.39 is 11.6 Å². The predicted octanol–water partition coefficient (Wildman–Crippen LogP) is 6.13. The average molecular weight is 431 g/mol. The molecule has 1 fully saturated rings. The third-order valence-corrected chi connectivity index (χ3v) is 5.81. The molecule has 1 saturated heterocycles. The van der Waals surface area contributed by atoms with Crippen LogP contribution in [0.4, 0.5) is 18.9 Å². The summed E-state index contributed by atoms with van der Waals surface area (Å²) in [6.45, 7) is 4.72. The van der Waals surface area contributed by atoms with Gasteiger partial charge in [0.25, 0.3) is 0 Å². The zero-order chi connectivity index (χ0) is 21.3. The summed E-state index contributed by atoms with van der Waals surface area (Å²) in [6, 6.07) is 16.4. The molecule has 1 aliphatic rings. The van der Waals surface area contributed by atoms with E-state index in [0.29, 0.717) is 18.1 Å². The molecule has 1 aliphatic heterocycles. The van der Waals surface area contributed by atoms with Crippen molar-refractivity contribution in [3.05, 3.63) is 99.8 Å². The first kappa shape index (κ1) is 20.8. The van der Waals surface area contributed by atoms with Crippen LogP contribution in [0, 0.1) is 24.4 Å². The standard InChI is InChI=1S/C24H22ClF3N2/c1-16-12-19(25)5-9-23(16)30-11-10-29(14-17-2-8-21(27)22(28)13-17)15-24(30)18-3-6-20(26)7-4-18/h2-9,12-13,24H,10-11,14-15H2,1H3. The van der Waals surface area contributed by atoms with Gasteiger partial charge in [0.2, 0.25) is 0 Å². The van der Waals surface area contributed by atoms with Gasteiger partial charge in [-0.2, -0.15) is 0 Å². The maximum absolute atomic E-state index is 13.6. The van der Waals surface area contributed by atoms with Crippen LogP contribution in [0.2, 0.25) is 5.02 Å². The Balaban J connectivity index is 1.62. The molecule has 0 radical (unpaired) electrons. The second kappa shape index (κ2) is 8.70. The number of piperazine rings is 1. The summed E-state index contributed by atoms with van der Waals surface area (Å²) >= 11 is 6.14. The molecular formula is C24H22ClF3N2. The van der Waals surface area contributed by atoms with Crippen LogP contribution in [-0.2, 0) is 6.54 Å². The fraction of sp³-hybridized carbons (Fsp3) is 0.250. The van der Waals surface area contributed by atoms with Gasteiger partial charge in [-0.05, 0) is 66.1 Å². The van der Waals surface area contributed by atoms with Crippen LogP contribution >= 0.6 is 11.6 Å². The second-order valence-corrected chi connectivity index (χ2v) is 8.11. The van der Waals surface area contributed by atoms with E-state index in [1.54, 1.807) is 18.2 Å². The molecule has 4 rings (SSSR count). The Morgan fingerprint density at radius 3 is 2.37 bits per heavy atom. The van der Waals surface area contributed by atoms with Crippen LogP contribution in [-0.4, -0.2) is 24.5 Å². The number of anilines is 1. The van der Waals surface area contributed by atoms with Crippen molar-refractivity contribution in [2.75, 3.05) is 24.5 Å². The molecule has 1 atom stereocenters. The molecular weight excluding hydrogens is 409 g/mol. The van der Waals surface area contributed by atoms with E-state index in [-0.39, 0.29) is 11.9 Å². The number of hydrogen-bond acceptors (Lipinski definition) is 2. The van der Waals surface area contributed by atoms with Crippen LogP contribution in [0.3, 0.4) is 0 Å². The molecule has 0 amide bonds. The fourth-order valence-electron chi connectivity index (χ4n) is 4.08. The monoisotopic (exact) mass is 430 g/mol.